The second-order valence-electron chi connectivity index (χ2n) is 5.53. The Bertz CT molecular complexity index is 308. The van der Waals surface area contributed by atoms with Crippen LogP contribution in [0, 0.1) is 5.92 Å². The summed E-state index contributed by atoms with van der Waals surface area (Å²) < 4.78 is 27.2. The molecule has 0 heterocycles. The average Bonchev–Trinajstić information content (AvgIpc) is 2.29. The van der Waals surface area contributed by atoms with Crippen molar-refractivity contribution < 1.29 is 13.2 Å². The number of nitrogens with two attached hydrogens (primary N) is 1. The van der Waals surface area contributed by atoms with E-state index in [1.807, 2.05) is 0 Å². The molecule has 0 unspecified atom stereocenters. The largest absolute Gasteiger partial charge is 0.378 e. The van der Waals surface area contributed by atoms with Crippen molar-refractivity contribution in [3.8, 4) is 0 Å². The zero-order valence-corrected chi connectivity index (χ0v) is 12.3. The van der Waals surface area contributed by atoms with Gasteiger partial charge in [0.25, 0.3) is 0 Å². The van der Waals surface area contributed by atoms with Crippen molar-refractivity contribution in [1.82, 2.24) is 0 Å². The Morgan fingerprint density at radius 3 is 2.28 bits per heavy atom. The lowest BCUT2D eigenvalue weighted by Gasteiger charge is -2.26. The van der Waals surface area contributed by atoms with Crippen molar-refractivity contribution in [2.45, 2.75) is 64.4 Å². The zero-order chi connectivity index (χ0) is 13.4. The van der Waals surface area contributed by atoms with E-state index in [1.165, 1.54) is 25.7 Å². The molecule has 0 spiro atoms. The van der Waals surface area contributed by atoms with Gasteiger partial charge in [-0.15, -0.1) is 0 Å². The Hall–Kier alpha value is -0.130. The van der Waals surface area contributed by atoms with E-state index in [1.54, 1.807) is 0 Å². The van der Waals surface area contributed by atoms with E-state index in [4.69, 9.17) is 9.88 Å². The molecule has 0 aromatic carbocycles. The third-order valence-corrected chi connectivity index (χ3v) is 4.50. The van der Waals surface area contributed by atoms with E-state index in [9.17, 15) is 8.42 Å². The predicted molar refractivity (Wildman–Crippen MR) is 73.8 cm³/mol. The molecule has 0 aromatic heterocycles. The van der Waals surface area contributed by atoms with E-state index in [0.29, 0.717) is 12.5 Å². The molecule has 0 amide bonds. The molecule has 4 nitrogen and oxygen atoms in total. The van der Waals surface area contributed by atoms with Crippen LogP contribution in [-0.2, 0) is 14.8 Å². The first-order valence-corrected chi connectivity index (χ1v) is 8.81. The SMILES string of the molecule is CC1CCC(OCCCCCCS(N)(=O)=O)CC1. The summed E-state index contributed by atoms with van der Waals surface area (Å²) in [6.45, 7) is 3.12. The molecule has 1 fully saturated rings. The summed E-state index contributed by atoms with van der Waals surface area (Å²) in [6, 6.07) is 0. The highest BCUT2D eigenvalue weighted by Crippen LogP contribution is 2.25. The maximum Gasteiger partial charge on any atom is 0.209 e. The number of primary sulfonamides is 1. The van der Waals surface area contributed by atoms with Crippen LogP contribution in [0.25, 0.3) is 0 Å². The molecule has 18 heavy (non-hydrogen) atoms. The van der Waals surface area contributed by atoms with Crippen molar-refractivity contribution in [2.24, 2.45) is 11.1 Å². The van der Waals surface area contributed by atoms with Gasteiger partial charge in [0, 0.05) is 6.61 Å². The Morgan fingerprint density at radius 2 is 1.67 bits per heavy atom. The number of sulfonamides is 1. The molecule has 1 rings (SSSR count). The van der Waals surface area contributed by atoms with E-state index in [2.05, 4.69) is 6.92 Å². The summed E-state index contributed by atoms with van der Waals surface area (Å²) in [5.41, 5.74) is 0. The molecular formula is C13H27NO3S. The Kier molecular flexibility index (Phi) is 7.19. The molecule has 0 atom stereocenters. The lowest BCUT2D eigenvalue weighted by Crippen LogP contribution is -2.20. The highest BCUT2D eigenvalue weighted by molar-refractivity contribution is 7.89. The zero-order valence-electron chi connectivity index (χ0n) is 11.4. The fraction of sp³-hybridized carbons (Fsp3) is 1.00. The van der Waals surface area contributed by atoms with E-state index in [0.717, 1.165) is 31.8 Å². The van der Waals surface area contributed by atoms with Gasteiger partial charge in [0.2, 0.25) is 10.0 Å². The first kappa shape index (κ1) is 15.9. The fourth-order valence-electron chi connectivity index (χ4n) is 2.41. The number of unbranched alkanes of at least 4 members (excludes halogenated alkanes) is 3. The Balaban J connectivity index is 1.90. The van der Waals surface area contributed by atoms with Crippen LogP contribution >= 0.6 is 0 Å². The van der Waals surface area contributed by atoms with Crippen molar-refractivity contribution in [3.63, 3.8) is 0 Å². The van der Waals surface area contributed by atoms with Gasteiger partial charge in [0.05, 0.1) is 11.9 Å². The molecule has 5 heteroatoms. The van der Waals surface area contributed by atoms with Crippen molar-refractivity contribution in [2.75, 3.05) is 12.4 Å². The topological polar surface area (TPSA) is 69.4 Å². The number of hydrogen-bond donors (Lipinski definition) is 1. The van der Waals surface area contributed by atoms with Gasteiger partial charge in [0.1, 0.15) is 0 Å². The molecule has 1 aliphatic rings. The van der Waals surface area contributed by atoms with Crippen LogP contribution in [0.5, 0.6) is 0 Å². The molecule has 0 radical (unpaired) electrons. The summed E-state index contributed by atoms with van der Waals surface area (Å²) in [4.78, 5) is 0. The minimum Gasteiger partial charge on any atom is -0.378 e. The maximum atomic E-state index is 10.7. The molecular weight excluding hydrogens is 250 g/mol. The summed E-state index contributed by atoms with van der Waals surface area (Å²) in [7, 11) is -3.27. The molecule has 0 bridgehead atoms. The lowest BCUT2D eigenvalue weighted by molar-refractivity contribution is 0.0179. The highest BCUT2D eigenvalue weighted by Gasteiger charge is 2.17. The Labute approximate surface area is 111 Å². The van der Waals surface area contributed by atoms with Crippen LogP contribution in [0.4, 0.5) is 0 Å². The summed E-state index contributed by atoms with van der Waals surface area (Å²) in [6.07, 6.45) is 9.08. The van der Waals surface area contributed by atoms with E-state index >= 15 is 0 Å². The van der Waals surface area contributed by atoms with Gasteiger partial charge in [-0.2, -0.15) is 0 Å². The van der Waals surface area contributed by atoms with Crippen LogP contribution in [-0.4, -0.2) is 26.9 Å². The van der Waals surface area contributed by atoms with Gasteiger partial charge in [-0.25, -0.2) is 13.6 Å². The standard InChI is InChI=1S/C13H27NO3S/c1-12-6-8-13(9-7-12)17-10-4-2-3-5-11-18(14,15)16/h12-13H,2-11H2,1H3,(H2,14,15,16). The molecule has 0 saturated heterocycles. The van der Waals surface area contributed by atoms with Crippen LogP contribution in [0.2, 0.25) is 0 Å². The summed E-state index contributed by atoms with van der Waals surface area (Å²) in [5.74, 6) is 0.969. The van der Waals surface area contributed by atoms with Crippen molar-refractivity contribution >= 4 is 10.0 Å². The van der Waals surface area contributed by atoms with Gasteiger partial charge in [-0.1, -0.05) is 19.8 Å². The molecule has 2 N–H and O–H groups in total. The third-order valence-electron chi connectivity index (χ3n) is 3.64. The van der Waals surface area contributed by atoms with Crippen LogP contribution in [0.1, 0.15) is 58.3 Å². The minimum absolute atomic E-state index is 0.106. The van der Waals surface area contributed by atoms with Gasteiger partial charge in [0.15, 0.2) is 0 Å². The normalized spacial score (nSPS) is 25.2. The molecule has 0 aliphatic heterocycles. The predicted octanol–water partition coefficient (Wildman–Crippen LogP) is 2.43. The molecule has 108 valence electrons. The highest BCUT2D eigenvalue weighted by atomic mass is 32.2. The lowest BCUT2D eigenvalue weighted by atomic mass is 9.89. The average molecular weight is 277 g/mol. The number of ether oxygens (including phenoxy) is 1. The van der Waals surface area contributed by atoms with E-state index in [-0.39, 0.29) is 5.75 Å². The summed E-state index contributed by atoms with van der Waals surface area (Å²) >= 11 is 0. The monoisotopic (exact) mass is 277 g/mol. The molecule has 1 saturated carbocycles. The Morgan fingerprint density at radius 1 is 1.06 bits per heavy atom. The summed E-state index contributed by atoms with van der Waals surface area (Å²) in [5, 5.41) is 4.93. The first-order valence-electron chi connectivity index (χ1n) is 7.09. The van der Waals surface area contributed by atoms with E-state index < -0.39 is 10.0 Å². The van der Waals surface area contributed by atoms with Gasteiger partial charge < -0.3 is 4.74 Å². The third kappa shape index (κ3) is 8.06. The van der Waals surface area contributed by atoms with Gasteiger partial charge in [-0.3, -0.25) is 0 Å². The second-order valence-corrected chi connectivity index (χ2v) is 7.27. The van der Waals surface area contributed by atoms with Crippen molar-refractivity contribution in [3.05, 3.63) is 0 Å². The van der Waals surface area contributed by atoms with Crippen LogP contribution < -0.4 is 5.14 Å². The fourth-order valence-corrected chi connectivity index (χ4v) is 3.01. The smallest absolute Gasteiger partial charge is 0.209 e. The van der Waals surface area contributed by atoms with Crippen molar-refractivity contribution in [1.29, 1.82) is 0 Å². The molecule has 1 aliphatic carbocycles. The van der Waals surface area contributed by atoms with Gasteiger partial charge >= 0.3 is 0 Å². The minimum atomic E-state index is -3.27. The molecule has 0 aromatic rings. The second kappa shape index (κ2) is 8.12. The quantitative estimate of drug-likeness (QED) is 0.693. The van der Waals surface area contributed by atoms with Gasteiger partial charge in [-0.05, 0) is 44.4 Å². The number of hydrogen-bond acceptors (Lipinski definition) is 3. The number of rotatable bonds is 8. The maximum absolute atomic E-state index is 10.7. The van der Waals surface area contributed by atoms with Crippen LogP contribution in [0.15, 0.2) is 0 Å². The van der Waals surface area contributed by atoms with Crippen LogP contribution in [0.3, 0.4) is 0 Å². The first-order chi connectivity index (χ1) is 8.47.